The normalized spacial score (nSPS) is 19.5. The molecular formula is C21H37NO3S. The predicted molar refractivity (Wildman–Crippen MR) is 110 cm³/mol. The second-order valence-electron chi connectivity index (χ2n) is 7.49. The summed E-state index contributed by atoms with van der Waals surface area (Å²) in [6.45, 7) is 7.22. The third kappa shape index (κ3) is 8.15. The van der Waals surface area contributed by atoms with Crippen LogP contribution in [-0.2, 0) is 14.3 Å². The van der Waals surface area contributed by atoms with Crippen LogP contribution in [0.15, 0.2) is 11.8 Å². The van der Waals surface area contributed by atoms with Gasteiger partial charge >= 0.3 is 0 Å². The lowest BCUT2D eigenvalue weighted by Crippen LogP contribution is -2.32. The van der Waals surface area contributed by atoms with Gasteiger partial charge in [0, 0.05) is 19.7 Å². The minimum absolute atomic E-state index is 0.0201. The summed E-state index contributed by atoms with van der Waals surface area (Å²) < 4.78 is 5.49. The van der Waals surface area contributed by atoms with Gasteiger partial charge in [0.2, 0.25) is 5.12 Å². The Morgan fingerprint density at radius 2 is 1.69 bits per heavy atom. The van der Waals surface area contributed by atoms with E-state index in [1.807, 2.05) is 7.05 Å². The molecule has 0 saturated carbocycles. The number of rotatable bonds is 14. The summed E-state index contributed by atoms with van der Waals surface area (Å²) in [5, 5.41) is 0.0391. The molecule has 1 aliphatic rings. The molecule has 0 aliphatic carbocycles. The van der Waals surface area contributed by atoms with Crippen molar-refractivity contribution in [1.82, 2.24) is 4.90 Å². The maximum atomic E-state index is 12.2. The molecule has 1 unspecified atom stereocenters. The van der Waals surface area contributed by atoms with E-state index in [1.54, 1.807) is 11.0 Å². The third-order valence-electron chi connectivity index (χ3n) is 4.98. The Kier molecular flexibility index (Phi) is 11.0. The average molecular weight is 384 g/mol. The highest BCUT2D eigenvalue weighted by Crippen LogP contribution is 2.44. The molecule has 150 valence electrons. The molecule has 0 aromatic carbocycles. The summed E-state index contributed by atoms with van der Waals surface area (Å²) >= 11 is 1.34. The van der Waals surface area contributed by atoms with Crippen LogP contribution in [-0.4, -0.2) is 40.9 Å². The largest absolute Gasteiger partial charge is 0.486 e. The van der Waals surface area contributed by atoms with Gasteiger partial charge < -0.3 is 9.64 Å². The molecule has 26 heavy (non-hydrogen) atoms. The Balaban J connectivity index is 2.41. The van der Waals surface area contributed by atoms with E-state index in [9.17, 15) is 9.59 Å². The van der Waals surface area contributed by atoms with Gasteiger partial charge in [-0.05, 0) is 19.8 Å². The van der Waals surface area contributed by atoms with Crippen molar-refractivity contribution in [1.29, 1.82) is 0 Å². The van der Waals surface area contributed by atoms with E-state index in [1.165, 1.54) is 43.9 Å². The third-order valence-corrected chi connectivity index (χ3v) is 6.15. The molecule has 0 aromatic heterocycles. The van der Waals surface area contributed by atoms with Crippen LogP contribution in [0.4, 0.5) is 0 Å². The SMILES string of the molecule is CCCCCCCCC1(C)SC(=O)C=C1OCC(=O)N(C)CCCCC. The first-order valence-corrected chi connectivity index (χ1v) is 11.1. The van der Waals surface area contributed by atoms with Crippen molar-refractivity contribution in [3.63, 3.8) is 0 Å². The fraction of sp³-hybridized carbons (Fsp3) is 0.810. The van der Waals surface area contributed by atoms with Crippen molar-refractivity contribution in [2.24, 2.45) is 0 Å². The van der Waals surface area contributed by atoms with Crippen molar-refractivity contribution >= 4 is 22.8 Å². The molecular weight excluding hydrogens is 346 g/mol. The molecule has 0 fully saturated rings. The predicted octanol–water partition coefficient (Wildman–Crippen LogP) is 5.32. The smallest absolute Gasteiger partial charge is 0.260 e. The van der Waals surface area contributed by atoms with E-state index in [-0.39, 0.29) is 22.4 Å². The lowest BCUT2D eigenvalue weighted by Gasteiger charge is -2.26. The second-order valence-corrected chi connectivity index (χ2v) is 9.00. The molecule has 0 aromatic rings. The monoisotopic (exact) mass is 383 g/mol. The standard InChI is InChI=1S/C21H37NO3S/c1-5-7-9-10-11-12-14-21(3)18(16-20(24)26-21)25-17-19(23)22(4)15-13-8-6-2/h16H,5-15,17H2,1-4H3. The maximum Gasteiger partial charge on any atom is 0.260 e. The molecule has 5 heteroatoms. The molecule has 1 rings (SSSR count). The van der Waals surface area contributed by atoms with E-state index in [4.69, 9.17) is 4.74 Å². The highest BCUT2D eigenvalue weighted by molar-refractivity contribution is 8.15. The number of carbonyl (C=O) groups excluding carboxylic acids is 2. The quantitative estimate of drug-likeness (QED) is 0.381. The van der Waals surface area contributed by atoms with Crippen molar-refractivity contribution in [2.75, 3.05) is 20.2 Å². The van der Waals surface area contributed by atoms with Crippen LogP contribution in [0.2, 0.25) is 0 Å². The summed E-state index contributed by atoms with van der Waals surface area (Å²) in [4.78, 5) is 25.9. The summed E-state index contributed by atoms with van der Waals surface area (Å²) in [5.41, 5.74) is 0. The highest BCUT2D eigenvalue weighted by Gasteiger charge is 2.39. The number of hydrogen-bond donors (Lipinski definition) is 0. The first-order valence-electron chi connectivity index (χ1n) is 10.2. The number of amides is 1. The van der Waals surface area contributed by atoms with Gasteiger partial charge in [0.05, 0.1) is 4.75 Å². The van der Waals surface area contributed by atoms with Crippen LogP contribution in [0.3, 0.4) is 0 Å². The Bertz CT molecular complexity index is 478. The van der Waals surface area contributed by atoms with Gasteiger partial charge in [-0.2, -0.15) is 0 Å². The average Bonchev–Trinajstić information content (AvgIpc) is 2.89. The van der Waals surface area contributed by atoms with Crippen molar-refractivity contribution < 1.29 is 14.3 Å². The molecule has 1 heterocycles. The van der Waals surface area contributed by atoms with E-state index in [2.05, 4.69) is 20.8 Å². The number of nitrogens with zero attached hydrogens (tertiary/aromatic N) is 1. The van der Waals surface area contributed by atoms with Crippen LogP contribution in [0.1, 0.15) is 85.0 Å². The van der Waals surface area contributed by atoms with E-state index in [0.29, 0.717) is 5.76 Å². The van der Waals surface area contributed by atoms with Gasteiger partial charge in [-0.1, -0.05) is 77.0 Å². The molecule has 1 aliphatic heterocycles. The Hall–Kier alpha value is -0.970. The summed E-state index contributed by atoms with van der Waals surface area (Å²) in [6, 6.07) is 0. The Morgan fingerprint density at radius 3 is 2.38 bits per heavy atom. The van der Waals surface area contributed by atoms with Crippen LogP contribution in [0, 0.1) is 0 Å². The number of unbranched alkanes of at least 4 members (excludes halogenated alkanes) is 7. The van der Waals surface area contributed by atoms with Gasteiger partial charge in [-0.3, -0.25) is 9.59 Å². The maximum absolute atomic E-state index is 12.2. The first kappa shape index (κ1) is 23.1. The number of thioether (sulfide) groups is 1. The van der Waals surface area contributed by atoms with Crippen LogP contribution in [0.25, 0.3) is 0 Å². The van der Waals surface area contributed by atoms with E-state index >= 15 is 0 Å². The zero-order chi connectivity index (χ0) is 19.4. The Labute approximate surface area is 164 Å². The minimum atomic E-state index is -0.317. The zero-order valence-corrected chi connectivity index (χ0v) is 18.0. The fourth-order valence-corrected chi connectivity index (χ4v) is 4.22. The molecule has 0 radical (unpaired) electrons. The molecule has 1 atom stereocenters. The molecule has 1 amide bonds. The fourth-order valence-electron chi connectivity index (χ4n) is 3.15. The minimum Gasteiger partial charge on any atom is -0.486 e. The van der Waals surface area contributed by atoms with Crippen LogP contribution >= 0.6 is 11.8 Å². The number of ether oxygens (including phenoxy) is 1. The zero-order valence-electron chi connectivity index (χ0n) is 17.1. The van der Waals surface area contributed by atoms with Crippen LogP contribution in [0.5, 0.6) is 0 Å². The number of hydrogen-bond acceptors (Lipinski definition) is 4. The molecule has 0 spiro atoms. The van der Waals surface area contributed by atoms with Gasteiger partial charge in [0.15, 0.2) is 6.61 Å². The van der Waals surface area contributed by atoms with Gasteiger partial charge in [-0.25, -0.2) is 0 Å². The lowest BCUT2D eigenvalue weighted by atomic mass is 9.99. The topological polar surface area (TPSA) is 46.6 Å². The summed E-state index contributed by atoms with van der Waals surface area (Å²) in [6.07, 6.45) is 13.2. The molecule has 0 bridgehead atoms. The number of carbonyl (C=O) groups is 2. The lowest BCUT2D eigenvalue weighted by molar-refractivity contribution is -0.133. The van der Waals surface area contributed by atoms with Crippen molar-refractivity contribution in [3.8, 4) is 0 Å². The Morgan fingerprint density at radius 1 is 1.08 bits per heavy atom. The molecule has 0 N–H and O–H groups in total. The van der Waals surface area contributed by atoms with Crippen molar-refractivity contribution in [2.45, 2.75) is 89.7 Å². The van der Waals surface area contributed by atoms with E-state index < -0.39 is 0 Å². The van der Waals surface area contributed by atoms with Crippen molar-refractivity contribution in [3.05, 3.63) is 11.8 Å². The van der Waals surface area contributed by atoms with Gasteiger partial charge in [-0.15, -0.1) is 0 Å². The molecule has 4 nitrogen and oxygen atoms in total. The second kappa shape index (κ2) is 12.4. The molecule has 0 saturated heterocycles. The van der Waals surface area contributed by atoms with Crippen LogP contribution < -0.4 is 0 Å². The summed E-state index contributed by atoms with van der Waals surface area (Å²) in [5.74, 6) is 0.657. The highest BCUT2D eigenvalue weighted by atomic mass is 32.2. The summed E-state index contributed by atoms with van der Waals surface area (Å²) in [7, 11) is 1.82. The van der Waals surface area contributed by atoms with Gasteiger partial charge in [0.25, 0.3) is 5.91 Å². The first-order chi connectivity index (χ1) is 12.4. The van der Waals surface area contributed by atoms with Gasteiger partial charge in [0.1, 0.15) is 5.76 Å². The van der Waals surface area contributed by atoms with E-state index in [0.717, 1.165) is 38.6 Å². The number of likely N-dealkylation sites (N-methyl/N-ethyl adjacent to an activating group) is 1.